The molecule has 0 aromatic heterocycles. The predicted octanol–water partition coefficient (Wildman–Crippen LogP) is 6.14. The molecule has 0 atom stereocenters. The third kappa shape index (κ3) is 3.92. The first-order chi connectivity index (χ1) is 16.7. The number of aryl methyl sites for hydroxylation is 2. The van der Waals surface area contributed by atoms with E-state index in [-0.39, 0.29) is 22.4 Å². The van der Waals surface area contributed by atoms with Crippen molar-refractivity contribution in [2.45, 2.75) is 40.0 Å². The van der Waals surface area contributed by atoms with Gasteiger partial charge in [0, 0.05) is 23.3 Å². The second-order valence-corrected chi connectivity index (χ2v) is 8.13. The SMILES string of the molecule is CCC1=C([N+](=O)[O-])C=C2C(=Cc3cc([N+](=O)[O-])cc([N+](=O)[O-])c32)C1=Nc1c(CC)cccc1CC. The number of fused-ring (bicyclic) bond motifs is 3. The van der Waals surface area contributed by atoms with E-state index < -0.39 is 26.1 Å². The summed E-state index contributed by atoms with van der Waals surface area (Å²) in [6.45, 7) is 5.78. The Balaban J connectivity index is 2.07. The Morgan fingerprint density at radius 1 is 0.800 bits per heavy atom. The Morgan fingerprint density at radius 2 is 1.46 bits per heavy atom. The second-order valence-electron chi connectivity index (χ2n) is 8.13. The fourth-order valence-electron chi connectivity index (χ4n) is 4.62. The van der Waals surface area contributed by atoms with Crippen molar-refractivity contribution in [1.29, 1.82) is 0 Å². The molecule has 0 N–H and O–H groups in total. The summed E-state index contributed by atoms with van der Waals surface area (Å²) in [4.78, 5) is 38.3. The molecule has 2 aliphatic rings. The van der Waals surface area contributed by atoms with Gasteiger partial charge in [-0.25, -0.2) is 4.99 Å². The van der Waals surface area contributed by atoms with E-state index in [1.165, 1.54) is 12.1 Å². The molecule has 2 aromatic rings. The summed E-state index contributed by atoms with van der Waals surface area (Å²) < 4.78 is 0. The van der Waals surface area contributed by atoms with E-state index >= 15 is 0 Å². The molecular weight excluding hydrogens is 452 g/mol. The number of nitro benzene ring substituents is 2. The summed E-state index contributed by atoms with van der Waals surface area (Å²) in [5.74, 6) is 0. The first-order valence-electron chi connectivity index (χ1n) is 11.2. The highest BCUT2D eigenvalue weighted by Gasteiger charge is 2.39. The number of para-hydroxylation sites is 1. The van der Waals surface area contributed by atoms with Gasteiger partial charge < -0.3 is 0 Å². The smallest absolute Gasteiger partial charge is 0.258 e. The van der Waals surface area contributed by atoms with Crippen molar-refractivity contribution in [1.82, 2.24) is 0 Å². The van der Waals surface area contributed by atoms with Crippen molar-refractivity contribution >= 4 is 34.4 Å². The van der Waals surface area contributed by atoms with E-state index in [9.17, 15) is 30.3 Å². The highest BCUT2D eigenvalue weighted by molar-refractivity contribution is 6.29. The molecule has 0 saturated heterocycles. The minimum atomic E-state index is -0.702. The van der Waals surface area contributed by atoms with Crippen LogP contribution >= 0.6 is 0 Å². The van der Waals surface area contributed by atoms with Crippen molar-refractivity contribution in [3.8, 4) is 0 Å². The van der Waals surface area contributed by atoms with Gasteiger partial charge in [0.15, 0.2) is 0 Å². The monoisotopic (exact) mass is 474 g/mol. The molecule has 0 amide bonds. The quantitative estimate of drug-likeness (QED) is 0.349. The number of allylic oxidation sites excluding steroid dienone is 4. The Labute approximate surface area is 200 Å². The molecule has 0 radical (unpaired) electrons. The molecule has 0 unspecified atom stereocenters. The fraction of sp³-hybridized carbons (Fsp3) is 0.240. The summed E-state index contributed by atoms with van der Waals surface area (Å²) in [6.07, 6.45) is 4.64. The molecule has 0 fully saturated rings. The average molecular weight is 474 g/mol. The van der Waals surface area contributed by atoms with Gasteiger partial charge in [0.2, 0.25) is 0 Å². The Morgan fingerprint density at radius 3 is 1.97 bits per heavy atom. The summed E-state index contributed by atoms with van der Waals surface area (Å²) in [5, 5.41) is 35.3. The molecule has 0 aliphatic heterocycles. The third-order valence-electron chi connectivity index (χ3n) is 6.27. The van der Waals surface area contributed by atoms with E-state index in [4.69, 9.17) is 4.99 Å². The van der Waals surface area contributed by atoms with Crippen LogP contribution < -0.4 is 0 Å². The van der Waals surface area contributed by atoms with Crippen LogP contribution in [0.3, 0.4) is 0 Å². The second kappa shape index (κ2) is 9.05. The minimum absolute atomic E-state index is 0.122. The molecular formula is C25H22N4O6. The van der Waals surface area contributed by atoms with Crippen molar-refractivity contribution in [2.24, 2.45) is 4.99 Å². The Bertz CT molecular complexity index is 1410. The van der Waals surface area contributed by atoms with Crippen LogP contribution in [0.4, 0.5) is 17.1 Å². The third-order valence-corrected chi connectivity index (χ3v) is 6.27. The van der Waals surface area contributed by atoms with Crippen molar-refractivity contribution in [2.75, 3.05) is 0 Å². The molecule has 0 saturated carbocycles. The first kappa shape index (κ1) is 23.7. The molecule has 0 spiro atoms. The number of nitrogens with zero attached hydrogens (tertiary/aromatic N) is 4. The Kier molecular flexibility index (Phi) is 6.12. The number of benzene rings is 2. The molecule has 178 valence electrons. The summed E-state index contributed by atoms with van der Waals surface area (Å²) >= 11 is 0. The van der Waals surface area contributed by atoms with Crippen molar-refractivity contribution < 1.29 is 14.8 Å². The number of hydrogen-bond donors (Lipinski definition) is 0. The number of hydrogen-bond acceptors (Lipinski definition) is 7. The normalized spacial score (nSPS) is 15.5. The maximum atomic E-state index is 12.0. The van der Waals surface area contributed by atoms with Crippen molar-refractivity contribution in [3.63, 3.8) is 0 Å². The van der Waals surface area contributed by atoms with E-state index in [0.29, 0.717) is 36.1 Å². The van der Waals surface area contributed by atoms with Crippen LogP contribution in [0, 0.1) is 30.3 Å². The lowest BCUT2D eigenvalue weighted by Gasteiger charge is -2.19. The predicted molar refractivity (Wildman–Crippen MR) is 132 cm³/mol. The maximum absolute atomic E-state index is 12.0. The van der Waals surface area contributed by atoms with Crippen LogP contribution in [0.25, 0.3) is 11.6 Å². The van der Waals surface area contributed by atoms with Gasteiger partial charge in [-0.1, -0.05) is 39.0 Å². The zero-order valence-electron chi connectivity index (χ0n) is 19.4. The van der Waals surface area contributed by atoms with E-state index in [1.54, 1.807) is 13.0 Å². The first-order valence-corrected chi connectivity index (χ1v) is 11.2. The Hall–Kier alpha value is -4.47. The lowest BCUT2D eigenvalue weighted by atomic mass is 9.86. The molecule has 2 aromatic carbocycles. The van der Waals surface area contributed by atoms with Gasteiger partial charge in [-0.15, -0.1) is 0 Å². The summed E-state index contributed by atoms with van der Waals surface area (Å²) in [7, 11) is 0. The zero-order chi connectivity index (χ0) is 25.4. The molecule has 10 nitrogen and oxygen atoms in total. The number of rotatable bonds is 7. The standard InChI is InChI=1S/C25H22N4O6/c1-4-14-8-7-9-15(5-2)24(14)26-25-18(6-3)21(28(32)33)13-19-20(25)11-16-10-17(27(30)31)12-22(23(16)19)29(34)35/h7-13H,4-6H2,1-3H3. The maximum Gasteiger partial charge on any atom is 0.284 e. The lowest BCUT2D eigenvalue weighted by molar-refractivity contribution is -0.419. The largest absolute Gasteiger partial charge is 0.284 e. The molecule has 2 aliphatic carbocycles. The van der Waals surface area contributed by atoms with Crippen LogP contribution in [0.1, 0.15) is 49.4 Å². The van der Waals surface area contributed by atoms with Crippen LogP contribution in [0.15, 0.2) is 58.2 Å². The average Bonchev–Trinajstić information content (AvgIpc) is 3.21. The molecule has 0 heterocycles. The van der Waals surface area contributed by atoms with E-state index in [2.05, 4.69) is 0 Å². The topological polar surface area (TPSA) is 142 Å². The van der Waals surface area contributed by atoms with Crippen LogP contribution in [0.2, 0.25) is 0 Å². The molecule has 4 rings (SSSR count). The zero-order valence-corrected chi connectivity index (χ0v) is 19.4. The van der Waals surface area contributed by atoms with E-state index in [0.717, 1.165) is 22.9 Å². The fourth-order valence-corrected chi connectivity index (χ4v) is 4.62. The van der Waals surface area contributed by atoms with Gasteiger partial charge in [0.05, 0.1) is 43.4 Å². The molecule has 10 heteroatoms. The lowest BCUT2D eigenvalue weighted by Crippen LogP contribution is -2.17. The van der Waals surface area contributed by atoms with Gasteiger partial charge in [-0.2, -0.15) is 0 Å². The van der Waals surface area contributed by atoms with Crippen LogP contribution in [-0.2, 0) is 12.8 Å². The number of non-ortho nitro benzene ring substituents is 1. The minimum Gasteiger partial charge on any atom is -0.258 e. The summed E-state index contributed by atoms with van der Waals surface area (Å²) in [5.41, 5.74) is 3.50. The molecule has 35 heavy (non-hydrogen) atoms. The van der Waals surface area contributed by atoms with Gasteiger partial charge in [0.1, 0.15) is 0 Å². The van der Waals surface area contributed by atoms with Crippen molar-refractivity contribution in [3.05, 3.63) is 106 Å². The molecule has 0 bridgehead atoms. The van der Waals surface area contributed by atoms with Gasteiger partial charge >= 0.3 is 0 Å². The van der Waals surface area contributed by atoms with Gasteiger partial charge in [0.25, 0.3) is 17.1 Å². The van der Waals surface area contributed by atoms with Crippen LogP contribution in [-0.4, -0.2) is 20.5 Å². The summed E-state index contributed by atoms with van der Waals surface area (Å²) in [6, 6.07) is 7.99. The van der Waals surface area contributed by atoms with E-state index in [1.807, 2.05) is 32.0 Å². The van der Waals surface area contributed by atoms with Gasteiger partial charge in [-0.3, -0.25) is 30.3 Å². The van der Waals surface area contributed by atoms with Gasteiger partial charge in [-0.05, 0) is 42.0 Å². The highest BCUT2D eigenvalue weighted by atomic mass is 16.6. The number of aliphatic imine (C=N–C) groups is 1. The highest BCUT2D eigenvalue weighted by Crippen LogP contribution is 2.48. The van der Waals surface area contributed by atoms with Crippen LogP contribution in [0.5, 0.6) is 0 Å². The number of nitro groups is 3.